The summed E-state index contributed by atoms with van der Waals surface area (Å²) in [6.07, 6.45) is 3.87. The monoisotopic (exact) mass is 286 g/mol. The van der Waals surface area contributed by atoms with Crippen molar-refractivity contribution < 1.29 is 18.7 Å². The Morgan fingerprint density at radius 3 is 2.11 bits per heavy atom. The maximum absolute atomic E-state index is 11.7. The number of carbonyl (C=O) groups excluding carboxylic acids is 1. The molecule has 0 N–H and O–H groups in total. The number of hydrogen-bond donors (Lipinski definition) is 0. The van der Waals surface area contributed by atoms with E-state index in [1.807, 2.05) is 33.8 Å². The van der Waals surface area contributed by atoms with Crippen molar-refractivity contribution >= 4 is 15.7 Å². The smallest absolute Gasteiger partial charge is 0.380 e. The van der Waals surface area contributed by atoms with Crippen LogP contribution >= 0.6 is 0 Å². The average molecular weight is 286 g/mol. The molecule has 0 aliphatic carbocycles. The van der Waals surface area contributed by atoms with Gasteiger partial charge in [-0.1, -0.05) is 19.4 Å². The van der Waals surface area contributed by atoms with Crippen molar-refractivity contribution in [3.05, 3.63) is 11.6 Å². The topological polar surface area (TPSA) is 44.8 Å². The molecule has 0 fully saturated rings. The lowest BCUT2D eigenvalue weighted by atomic mass is 10.2. The molecule has 0 atom stereocenters. The molecule has 0 saturated carbocycles. The van der Waals surface area contributed by atoms with Crippen LogP contribution in [0.4, 0.5) is 0 Å². The molecular formula is C14H26O4Si. The van der Waals surface area contributed by atoms with Gasteiger partial charge in [0.25, 0.3) is 0 Å². The van der Waals surface area contributed by atoms with E-state index in [0.717, 1.165) is 12.8 Å². The summed E-state index contributed by atoms with van der Waals surface area (Å²) in [5, 5.41) is 0. The van der Waals surface area contributed by atoms with Crippen molar-refractivity contribution in [2.45, 2.75) is 72.5 Å². The highest BCUT2D eigenvalue weighted by Gasteiger charge is 2.19. The van der Waals surface area contributed by atoms with E-state index in [0.29, 0.717) is 5.57 Å². The highest BCUT2D eigenvalue weighted by atomic mass is 28.2. The van der Waals surface area contributed by atoms with Crippen molar-refractivity contribution in [1.29, 1.82) is 0 Å². The van der Waals surface area contributed by atoms with Gasteiger partial charge in [-0.2, -0.15) is 0 Å². The van der Waals surface area contributed by atoms with E-state index in [4.69, 9.17) is 13.9 Å². The summed E-state index contributed by atoms with van der Waals surface area (Å²) in [4.78, 5) is 11.7. The highest BCUT2D eigenvalue weighted by molar-refractivity contribution is 6.32. The molecule has 0 aliphatic heterocycles. The first kappa shape index (κ1) is 18.3. The Bertz CT molecular complexity index is 277. The number of rotatable bonds is 9. The number of ether oxygens (including phenoxy) is 2. The highest BCUT2D eigenvalue weighted by Crippen LogP contribution is 2.06. The van der Waals surface area contributed by atoms with Gasteiger partial charge in [0.05, 0.1) is 12.2 Å². The predicted molar refractivity (Wildman–Crippen MR) is 76.7 cm³/mol. The van der Waals surface area contributed by atoms with Crippen molar-refractivity contribution in [3.63, 3.8) is 0 Å². The van der Waals surface area contributed by atoms with Crippen LogP contribution in [0.2, 0.25) is 0 Å². The van der Waals surface area contributed by atoms with Crippen LogP contribution < -0.4 is 0 Å². The van der Waals surface area contributed by atoms with Gasteiger partial charge >= 0.3 is 15.7 Å². The molecule has 4 nitrogen and oxygen atoms in total. The van der Waals surface area contributed by atoms with Crippen LogP contribution in [0.3, 0.4) is 0 Å². The Labute approximate surface area is 119 Å². The molecule has 0 rings (SSSR count). The van der Waals surface area contributed by atoms with E-state index in [2.05, 4.69) is 6.92 Å². The van der Waals surface area contributed by atoms with Gasteiger partial charge < -0.3 is 13.9 Å². The lowest BCUT2D eigenvalue weighted by Crippen LogP contribution is -2.33. The molecule has 2 radical (unpaired) electrons. The van der Waals surface area contributed by atoms with Gasteiger partial charge in [0, 0.05) is 5.57 Å². The molecule has 0 aromatic heterocycles. The fourth-order valence-electron chi connectivity index (χ4n) is 1.21. The fraction of sp³-hybridized carbons (Fsp3) is 0.786. The molecule has 5 heteroatoms. The van der Waals surface area contributed by atoms with Crippen LogP contribution in [0.15, 0.2) is 11.6 Å². The maximum Gasteiger partial charge on any atom is 0.380 e. The normalized spacial score (nSPS) is 12.6. The lowest BCUT2D eigenvalue weighted by molar-refractivity contribution is -0.146. The molecule has 0 unspecified atom stereocenters. The predicted octanol–water partition coefficient (Wildman–Crippen LogP) is 3.03. The van der Waals surface area contributed by atoms with E-state index >= 15 is 0 Å². The molecule has 0 aromatic rings. The maximum atomic E-state index is 11.7. The van der Waals surface area contributed by atoms with E-state index in [9.17, 15) is 4.79 Å². The van der Waals surface area contributed by atoms with Crippen LogP contribution in [0, 0.1) is 0 Å². The second kappa shape index (κ2) is 10.2. The van der Waals surface area contributed by atoms with Gasteiger partial charge in [-0.25, -0.2) is 4.79 Å². The quantitative estimate of drug-likeness (QED) is 0.371. The Hall–Kier alpha value is -0.653. The number of unbranched alkanes of at least 4 members (excludes halogenated alkanes) is 1. The van der Waals surface area contributed by atoms with Crippen LogP contribution in [0.5, 0.6) is 0 Å². The largest absolute Gasteiger partial charge is 0.507 e. The SMILES string of the molecule is CCCC=C(C)C(=O)O[Si]C(OC(C)C)OC(C)C. The zero-order valence-electron chi connectivity index (χ0n) is 12.9. The number of allylic oxidation sites excluding steroid dienone is 1. The zero-order valence-corrected chi connectivity index (χ0v) is 13.9. The number of hydrogen-bond acceptors (Lipinski definition) is 4. The molecular weight excluding hydrogens is 260 g/mol. The van der Waals surface area contributed by atoms with Crippen molar-refractivity contribution in [1.82, 2.24) is 0 Å². The summed E-state index contributed by atoms with van der Waals surface area (Å²) in [7, 11) is -0.148. The van der Waals surface area contributed by atoms with Gasteiger partial charge in [0.2, 0.25) is 0 Å². The van der Waals surface area contributed by atoms with Crippen molar-refractivity contribution in [3.8, 4) is 0 Å². The minimum atomic E-state index is -0.483. The van der Waals surface area contributed by atoms with E-state index in [1.165, 1.54) is 0 Å². The molecule has 0 bridgehead atoms. The molecule has 19 heavy (non-hydrogen) atoms. The molecule has 0 saturated heterocycles. The standard InChI is InChI=1S/C14H26O4Si/c1-7-8-9-12(6)13(15)18-19-14(16-10(2)3)17-11(4)5/h9-11,14H,7-8H2,1-6H3. The van der Waals surface area contributed by atoms with Crippen LogP contribution in [0.1, 0.15) is 54.4 Å². The molecule has 0 heterocycles. The van der Waals surface area contributed by atoms with Gasteiger partial charge in [0.15, 0.2) is 5.91 Å². The summed E-state index contributed by atoms with van der Waals surface area (Å²) < 4.78 is 16.4. The van der Waals surface area contributed by atoms with Crippen molar-refractivity contribution in [2.75, 3.05) is 0 Å². The third kappa shape index (κ3) is 9.87. The first-order valence-corrected chi connectivity index (χ1v) is 7.79. The fourth-order valence-corrected chi connectivity index (χ4v) is 2.23. The summed E-state index contributed by atoms with van der Waals surface area (Å²) in [6.45, 7) is 11.5. The van der Waals surface area contributed by atoms with E-state index < -0.39 is 5.91 Å². The van der Waals surface area contributed by atoms with Crippen LogP contribution in [-0.4, -0.2) is 33.9 Å². The first-order valence-electron chi connectivity index (χ1n) is 6.81. The molecule has 0 amide bonds. The summed E-state index contributed by atoms with van der Waals surface area (Å²) in [5.41, 5.74) is 0.641. The van der Waals surface area contributed by atoms with E-state index in [1.54, 1.807) is 6.92 Å². The van der Waals surface area contributed by atoms with E-state index in [-0.39, 0.29) is 27.9 Å². The summed E-state index contributed by atoms with van der Waals surface area (Å²) >= 11 is 0. The zero-order chi connectivity index (χ0) is 14.8. The molecule has 110 valence electrons. The third-order valence-electron chi connectivity index (χ3n) is 2.10. The lowest BCUT2D eigenvalue weighted by Gasteiger charge is -2.21. The minimum Gasteiger partial charge on any atom is -0.507 e. The van der Waals surface area contributed by atoms with Crippen molar-refractivity contribution in [2.24, 2.45) is 0 Å². The van der Waals surface area contributed by atoms with Crippen LogP contribution in [0.25, 0.3) is 0 Å². The first-order chi connectivity index (χ1) is 8.86. The average Bonchev–Trinajstić information content (AvgIpc) is 2.31. The second-order valence-electron chi connectivity index (χ2n) is 4.88. The minimum absolute atomic E-state index is 0.0340. The third-order valence-corrected chi connectivity index (χ3v) is 2.87. The van der Waals surface area contributed by atoms with Gasteiger partial charge in [0.1, 0.15) is 0 Å². The molecule has 0 spiro atoms. The Morgan fingerprint density at radius 1 is 1.16 bits per heavy atom. The Balaban J connectivity index is 4.26. The Kier molecular flexibility index (Phi) is 9.82. The Morgan fingerprint density at radius 2 is 1.68 bits per heavy atom. The summed E-state index contributed by atoms with van der Waals surface area (Å²) in [5.74, 6) is -0.778. The number of carbonyl (C=O) groups is 1. The second-order valence-corrected chi connectivity index (χ2v) is 5.80. The van der Waals surface area contributed by atoms with Gasteiger partial charge in [-0.05, 0) is 41.0 Å². The van der Waals surface area contributed by atoms with Gasteiger partial charge in [-0.3, -0.25) is 0 Å². The molecule has 0 aliphatic rings. The molecule has 0 aromatic carbocycles. The van der Waals surface area contributed by atoms with Gasteiger partial charge in [-0.15, -0.1) is 0 Å². The summed E-state index contributed by atoms with van der Waals surface area (Å²) in [6, 6.07) is 0. The van der Waals surface area contributed by atoms with Crippen LogP contribution in [-0.2, 0) is 18.7 Å².